The molecule has 2 aliphatic rings. The zero-order chi connectivity index (χ0) is 18.6. The number of carbonyl (C=O) groups is 2. The van der Waals surface area contributed by atoms with Crippen molar-refractivity contribution in [2.24, 2.45) is 0 Å². The third kappa shape index (κ3) is 4.65. The number of rotatable bonds is 4. The Morgan fingerprint density at radius 3 is 2.40 bits per heavy atom. The average molecular weight is 354 g/mol. The molecule has 3 heterocycles. The molecule has 4 atom stereocenters. The summed E-state index contributed by atoms with van der Waals surface area (Å²) in [4.78, 5) is 26.3. The van der Waals surface area contributed by atoms with Gasteiger partial charge in [-0.1, -0.05) is 0 Å². The van der Waals surface area contributed by atoms with Gasteiger partial charge in [-0.25, -0.2) is 9.59 Å². The topological polar surface area (TPSA) is 140 Å². The van der Waals surface area contributed by atoms with Crippen LogP contribution in [0.4, 0.5) is 0 Å². The summed E-state index contributed by atoms with van der Waals surface area (Å²) in [5.41, 5.74) is 1.13. The van der Waals surface area contributed by atoms with Crippen LogP contribution >= 0.6 is 0 Å². The summed E-state index contributed by atoms with van der Waals surface area (Å²) in [6.07, 6.45) is 1.17. The van der Waals surface area contributed by atoms with Gasteiger partial charge in [-0.2, -0.15) is 0 Å². The van der Waals surface area contributed by atoms with Gasteiger partial charge in [0.25, 0.3) is 0 Å². The van der Waals surface area contributed by atoms with Crippen molar-refractivity contribution in [2.45, 2.75) is 43.6 Å². The molecule has 3 rings (SSSR count). The second-order valence-corrected chi connectivity index (χ2v) is 6.06. The number of hydrogen-bond donors (Lipinski definition) is 4. The Kier molecular flexibility index (Phi) is 6.29. The summed E-state index contributed by atoms with van der Waals surface area (Å²) in [5.74, 6) is -2.55. The Balaban J connectivity index is 0.000000199. The second kappa shape index (κ2) is 8.24. The van der Waals surface area contributed by atoms with E-state index in [0.717, 1.165) is 17.9 Å². The zero-order valence-electron chi connectivity index (χ0n) is 13.8. The average Bonchev–Trinajstić information content (AvgIpc) is 3.19. The molecule has 0 aliphatic carbocycles. The lowest BCUT2D eigenvalue weighted by Gasteiger charge is -2.24. The second-order valence-electron chi connectivity index (χ2n) is 6.06. The largest absolute Gasteiger partial charge is 0.486 e. The van der Waals surface area contributed by atoms with Crippen molar-refractivity contribution in [3.8, 4) is 5.75 Å². The summed E-state index contributed by atoms with van der Waals surface area (Å²) in [7, 11) is 2.19. The van der Waals surface area contributed by atoms with Crippen molar-refractivity contribution in [1.82, 2.24) is 9.88 Å². The maximum absolute atomic E-state index is 9.77. The van der Waals surface area contributed by atoms with E-state index in [4.69, 9.17) is 25.2 Å². The van der Waals surface area contributed by atoms with Crippen LogP contribution in [0.1, 0.15) is 18.5 Å². The number of aromatic nitrogens is 1. The van der Waals surface area contributed by atoms with Crippen LogP contribution < -0.4 is 4.74 Å². The predicted octanol–water partition coefficient (Wildman–Crippen LogP) is -0.643. The molecule has 1 saturated heterocycles. The van der Waals surface area contributed by atoms with E-state index in [0.29, 0.717) is 12.1 Å². The van der Waals surface area contributed by atoms with E-state index in [1.165, 1.54) is 19.4 Å². The number of aliphatic carboxylic acids is 2. The fraction of sp³-hybridized carbons (Fsp3) is 0.562. The highest BCUT2D eigenvalue weighted by Gasteiger charge is 2.35. The molecule has 4 N–H and O–H groups in total. The molecule has 0 aromatic carbocycles. The SMILES string of the molecule is CN1CCCC1[C@@H]1Cc2ncccc2O1.O=C(O)C(O)C(O)C(=O)O. The summed E-state index contributed by atoms with van der Waals surface area (Å²) >= 11 is 0. The molecule has 138 valence electrons. The molecular weight excluding hydrogens is 332 g/mol. The van der Waals surface area contributed by atoms with Gasteiger partial charge < -0.3 is 25.2 Å². The third-order valence-electron chi connectivity index (χ3n) is 4.33. The Bertz CT molecular complexity index is 581. The number of fused-ring (bicyclic) bond motifs is 1. The first kappa shape index (κ1) is 19.1. The van der Waals surface area contributed by atoms with E-state index in [1.807, 2.05) is 18.3 Å². The Morgan fingerprint density at radius 1 is 1.28 bits per heavy atom. The minimum absolute atomic E-state index is 0.322. The normalized spacial score (nSPS) is 24.4. The Hall–Kier alpha value is -2.23. The fourth-order valence-corrected chi connectivity index (χ4v) is 2.97. The lowest BCUT2D eigenvalue weighted by Crippen LogP contribution is -2.39. The minimum Gasteiger partial charge on any atom is -0.486 e. The number of ether oxygens (including phenoxy) is 1. The molecule has 0 bridgehead atoms. The van der Waals surface area contributed by atoms with Crippen molar-refractivity contribution < 1.29 is 34.8 Å². The van der Waals surface area contributed by atoms with Crippen LogP contribution in [0.3, 0.4) is 0 Å². The fourth-order valence-electron chi connectivity index (χ4n) is 2.97. The molecule has 1 aromatic rings. The molecule has 0 saturated carbocycles. The van der Waals surface area contributed by atoms with Gasteiger partial charge in [0, 0.05) is 18.7 Å². The molecule has 0 amide bonds. The van der Waals surface area contributed by atoms with Crippen LogP contribution in [0.5, 0.6) is 5.75 Å². The highest BCUT2D eigenvalue weighted by molar-refractivity contribution is 5.83. The third-order valence-corrected chi connectivity index (χ3v) is 4.33. The summed E-state index contributed by atoms with van der Waals surface area (Å²) in [6.45, 7) is 1.20. The lowest BCUT2D eigenvalue weighted by molar-refractivity contribution is -0.165. The first-order chi connectivity index (χ1) is 11.8. The Labute approximate surface area is 144 Å². The molecule has 1 aromatic heterocycles. The van der Waals surface area contributed by atoms with Crippen LogP contribution in [0, 0.1) is 0 Å². The number of nitrogens with zero attached hydrogens (tertiary/aromatic N) is 2. The first-order valence-corrected chi connectivity index (χ1v) is 7.93. The van der Waals surface area contributed by atoms with Crippen molar-refractivity contribution in [3.63, 3.8) is 0 Å². The monoisotopic (exact) mass is 354 g/mol. The van der Waals surface area contributed by atoms with Crippen LogP contribution in [0.15, 0.2) is 18.3 Å². The maximum Gasteiger partial charge on any atom is 0.335 e. The summed E-state index contributed by atoms with van der Waals surface area (Å²) in [6, 6.07) is 4.55. The van der Waals surface area contributed by atoms with Crippen LogP contribution in [-0.4, -0.2) is 80.2 Å². The maximum atomic E-state index is 9.77. The molecule has 2 aliphatic heterocycles. The lowest BCUT2D eigenvalue weighted by atomic mass is 10.1. The molecule has 0 radical (unpaired) electrons. The molecular formula is C16H22N2O7. The predicted molar refractivity (Wildman–Crippen MR) is 85.3 cm³/mol. The number of likely N-dealkylation sites (N-methyl/N-ethyl adjacent to an activating group) is 1. The summed E-state index contributed by atoms with van der Waals surface area (Å²) < 4.78 is 5.96. The molecule has 1 fully saturated rings. The number of pyridine rings is 1. The number of aliphatic hydroxyl groups excluding tert-OH is 2. The molecule has 9 heteroatoms. The van der Waals surface area contributed by atoms with Gasteiger partial charge in [0.1, 0.15) is 11.9 Å². The van der Waals surface area contributed by atoms with E-state index in [9.17, 15) is 9.59 Å². The highest BCUT2D eigenvalue weighted by Crippen LogP contribution is 2.32. The minimum atomic E-state index is -2.27. The summed E-state index contributed by atoms with van der Waals surface area (Å²) in [5, 5.41) is 32.5. The quantitative estimate of drug-likeness (QED) is 0.555. The standard InChI is InChI=1S/C12H16N2O.C4H6O6/c1-14-7-3-4-10(14)12-8-9-11(15-12)5-2-6-13-9;5-1(3(7)8)2(6)4(9)10/h2,5-6,10,12H,3-4,7-8H2,1H3;1-2,5-6H,(H,7,8)(H,9,10)/t10?,12-;/m0./s1. The van der Waals surface area contributed by atoms with Gasteiger partial charge in [-0.05, 0) is 38.6 Å². The van der Waals surface area contributed by atoms with Crippen molar-refractivity contribution >= 4 is 11.9 Å². The van der Waals surface area contributed by atoms with E-state index >= 15 is 0 Å². The highest BCUT2D eigenvalue weighted by atomic mass is 16.5. The van der Waals surface area contributed by atoms with Crippen LogP contribution in [0.2, 0.25) is 0 Å². The molecule has 9 nitrogen and oxygen atoms in total. The van der Waals surface area contributed by atoms with Crippen molar-refractivity contribution in [1.29, 1.82) is 0 Å². The number of carboxylic acid groups (broad SMARTS) is 2. The molecule has 3 unspecified atom stereocenters. The van der Waals surface area contributed by atoms with Crippen LogP contribution in [-0.2, 0) is 16.0 Å². The number of likely N-dealkylation sites (tertiary alicyclic amines) is 1. The Morgan fingerprint density at radius 2 is 1.92 bits per heavy atom. The molecule has 25 heavy (non-hydrogen) atoms. The van der Waals surface area contributed by atoms with Gasteiger partial charge in [0.15, 0.2) is 12.2 Å². The van der Waals surface area contributed by atoms with E-state index < -0.39 is 24.1 Å². The van der Waals surface area contributed by atoms with Gasteiger partial charge in [0.2, 0.25) is 0 Å². The van der Waals surface area contributed by atoms with Gasteiger partial charge in [-0.15, -0.1) is 0 Å². The van der Waals surface area contributed by atoms with Crippen LogP contribution in [0.25, 0.3) is 0 Å². The van der Waals surface area contributed by atoms with E-state index in [-0.39, 0.29) is 0 Å². The van der Waals surface area contributed by atoms with Crippen molar-refractivity contribution in [2.75, 3.05) is 13.6 Å². The molecule has 0 spiro atoms. The van der Waals surface area contributed by atoms with Gasteiger partial charge >= 0.3 is 11.9 Å². The zero-order valence-corrected chi connectivity index (χ0v) is 13.8. The van der Waals surface area contributed by atoms with E-state index in [2.05, 4.69) is 16.9 Å². The van der Waals surface area contributed by atoms with Gasteiger partial charge in [-0.3, -0.25) is 9.88 Å². The van der Waals surface area contributed by atoms with Crippen molar-refractivity contribution in [3.05, 3.63) is 24.0 Å². The number of hydrogen-bond acceptors (Lipinski definition) is 7. The smallest absolute Gasteiger partial charge is 0.335 e. The number of aliphatic hydroxyl groups is 2. The van der Waals surface area contributed by atoms with Gasteiger partial charge in [0.05, 0.1) is 5.69 Å². The number of carboxylic acids is 2. The van der Waals surface area contributed by atoms with E-state index in [1.54, 1.807) is 0 Å². The first-order valence-electron chi connectivity index (χ1n) is 7.93.